The fraction of sp³-hybridized carbons (Fsp3) is 0.333. The van der Waals surface area contributed by atoms with Crippen molar-refractivity contribution in [3.8, 4) is 0 Å². The molecule has 1 aliphatic rings. The molecule has 11 heteroatoms. The van der Waals surface area contributed by atoms with Gasteiger partial charge in [-0.25, -0.2) is 19.7 Å². The number of esters is 1. The van der Waals surface area contributed by atoms with Crippen LogP contribution in [0.1, 0.15) is 22.1 Å². The highest BCUT2D eigenvalue weighted by Crippen LogP contribution is 2.32. The Bertz CT molecular complexity index is 1030. The monoisotopic (exact) mass is 463 g/mol. The van der Waals surface area contributed by atoms with E-state index in [4.69, 9.17) is 15.2 Å². The molecule has 1 aromatic carbocycles. The lowest BCUT2D eigenvalue weighted by Crippen LogP contribution is -2.34. The molecule has 2 aromatic heterocycles. The van der Waals surface area contributed by atoms with E-state index >= 15 is 0 Å². The fourth-order valence-corrected chi connectivity index (χ4v) is 3.50. The molecule has 10 nitrogen and oxygen atoms in total. The number of halogens is 1. The van der Waals surface area contributed by atoms with E-state index < -0.39 is 30.5 Å². The van der Waals surface area contributed by atoms with Crippen molar-refractivity contribution in [1.29, 1.82) is 0 Å². The maximum absolute atomic E-state index is 12.2. The Balaban J connectivity index is 1.45. The molecule has 3 heterocycles. The summed E-state index contributed by atoms with van der Waals surface area (Å²) in [5.41, 5.74) is 7.90. The number of anilines is 1. The molecule has 0 aliphatic carbocycles. The summed E-state index contributed by atoms with van der Waals surface area (Å²) in [6.45, 7) is -0.225. The van der Waals surface area contributed by atoms with Crippen LogP contribution in [-0.4, -0.2) is 60.6 Å². The van der Waals surface area contributed by atoms with Crippen molar-refractivity contribution in [1.82, 2.24) is 19.5 Å². The van der Waals surface area contributed by atoms with Crippen LogP contribution in [0.3, 0.4) is 0 Å². The van der Waals surface area contributed by atoms with Crippen LogP contribution in [0.2, 0.25) is 0 Å². The van der Waals surface area contributed by atoms with Crippen molar-refractivity contribution >= 4 is 38.9 Å². The molecule has 0 amide bonds. The van der Waals surface area contributed by atoms with Crippen LogP contribution in [0.5, 0.6) is 0 Å². The molecular weight excluding hydrogens is 446 g/mol. The molecule has 4 rings (SSSR count). The number of nitrogens with two attached hydrogens (primary N) is 1. The summed E-state index contributed by atoms with van der Waals surface area (Å²) in [7, 11) is 0. The summed E-state index contributed by atoms with van der Waals surface area (Å²) in [4.78, 5) is 24.3. The number of hydrogen-bond donors (Lipinski definition) is 3. The number of aromatic nitrogens is 4. The number of aliphatic hydroxyl groups is 2. The lowest BCUT2D eigenvalue weighted by atomic mass is 10.1. The maximum Gasteiger partial charge on any atom is 0.338 e. The quantitative estimate of drug-likeness (QED) is 0.368. The van der Waals surface area contributed by atoms with E-state index in [1.165, 1.54) is 17.2 Å². The Labute approximate surface area is 173 Å². The zero-order chi connectivity index (χ0) is 20.5. The van der Waals surface area contributed by atoms with Crippen molar-refractivity contribution in [2.75, 3.05) is 12.3 Å². The number of imidazole rings is 1. The minimum Gasteiger partial charge on any atom is -0.459 e. The van der Waals surface area contributed by atoms with Crippen molar-refractivity contribution in [3.63, 3.8) is 0 Å². The van der Waals surface area contributed by atoms with Crippen molar-refractivity contribution < 1.29 is 24.5 Å². The second-order valence-corrected chi connectivity index (χ2v) is 7.12. The molecule has 3 aromatic rings. The third kappa shape index (κ3) is 3.69. The van der Waals surface area contributed by atoms with E-state index in [2.05, 4.69) is 30.9 Å². The molecular formula is C18H18BrN5O5. The van der Waals surface area contributed by atoms with Crippen molar-refractivity contribution in [2.24, 2.45) is 0 Å². The summed E-state index contributed by atoms with van der Waals surface area (Å²) in [5, 5.41) is 21.5. The number of alkyl halides is 1. The molecule has 0 saturated carbocycles. The van der Waals surface area contributed by atoms with Gasteiger partial charge in [-0.05, 0) is 17.7 Å². The van der Waals surface area contributed by atoms with E-state index in [0.717, 1.165) is 5.56 Å². The topological polar surface area (TPSA) is 146 Å². The number of carbonyl (C=O) groups excluding carboxylic acids is 1. The first kappa shape index (κ1) is 19.7. The predicted molar refractivity (Wildman–Crippen MR) is 105 cm³/mol. The summed E-state index contributed by atoms with van der Waals surface area (Å²) >= 11 is 3.34. The molecule has 152 valence electrons. The SMILES string of the molecule is Nc1ncnc2c1ncn2[C@@H]1O[C@H](COC(=O)c2ccc(CBr)cc2)[C@@H](O)[C@H]1O. The van der Waals surface area contributed by atoms with E-state index in [9.17, 15) is 15.0 Å². The van der Waals surface area contributed by atoms with E-state index in [0.29, 0.717) is 22.1 Å². The van der Waals surface area contributed by atoms with E-state index in [-0.39, 0.29) is 12.4 Å². The van der Waals surface area contributed by atoms with Gasteiger partial charge in [-0.3, -0.25) is 4.57 Å². The first-order chi connectivity index (χ1) is 14.0. The molecule has 1 saturated heterocycles. The number of hydrogen-bond acceptors (Lipinski definition) is 9. The lowest BCUT2D eigenvalue weighted by Gasteiger charge is -2.16. The molecule has 1 fully saturated rings. The van der Waals surface area contributed by atoms with E-state index in [1.54, 1.807) is 12.1 Å². The zero-order valence-electron chi connectivity index (χ0n) is 15.1. The number of aliphatic hydroxyl groups excluding tert-OH is 2. The van der Waals surface area contributed by atoms with E-state index in [1.807, 2.05) is 12.1 Å². The number of fused-ring (bicyclic) bond motifs is 1. The number of rotatable bonds is 5. The Morgan fingerprint density at radius 1 is 1.21 bits per heavy atom. The minimum absolute atomic E-state index is 0.193. The minimum atomic E-state index is -1.27. The zero-order valence-corrected chi connectivity index (χ0v) is 16.6. The Kier molecular flexibility index (Phi) is 5.46. The highest BCUT2D eigenvalue weighted by atomic mass is 79.9. The van der Waals surface area contributed by atoms with Crippen LogP contribution in [0, 0.1) is 0 Å². The maximum atomic E-state index is 12.2. The highest BCUT2D eigenvalue weighted by molar-refractivity contribution is 9.08. The van der Waals surface area contributed by atoms with Gasteiger partial charge in [0.2, 0.25) is 0 Å². The van der Waals surface area contributed by atoms with Crippen molar-refractivity contribution in [3.05, 3.63) is 48.0 Å². The predicted octanol–water partition coefficient (Wildman–Crippen LogP) is 0.780. The van der Waals surface area contributed by atoms with Gasteiger partial charge in [0.15, 0.2) is 17.7 Å². The van der Waals surface area contributed by atoms with Gasteiger partial charge in [-0.2, -0.15) is 0 Å². The Morgan fingerprint density at radius 3 is 2.69 bits per heavy atom. The number of nitrogen functional groups attached to an aromatic ring is 1. The Morgan fingerprint density at radius 2 is 1.97 bits per heavy atom. The molecule has 4 atom stereocenters. The van der Waals surface area contributed by atoms with Crippen LogP contribution in [0.15, 0.2) is 36.9 Å². The van der Waals surface area contributed by atoms with Crippen LogP contribution < -0.4 is 5.73 Å². The highest BCUT2D eigenvalue weighted by Gasteiger charge is 2.45. The first-order valence-electron chi connectivity index (χ1n) is 8.76. The van der Waals surface area contributed by atoms with Crippen LogP contribution >= 0.6 is 15.9 Å². The fourth-order valence-electron chi connectivity index (χ4n) is 3.12. The van der Waals surface area contributed by atoms with Crippen LogP contribution in [0.25, 0.3) is 11.2 Å². The number of benzene rings is 1. The van der Waals surface area contributed by atoms with Crippen LogP contribution in [-0.2, 0) is 14.8 Å². The number of nitrogens with zero attached hydrogens (tertiary/aromatic N) is 4. The van der Waals surface area contributed by atoms with Crippen LogP contribution in [0.4, 0.5) is 5.82 Å². The largest absolute Gasteiger partial charge is 0.459 e. The van der Waals surface area contributed by atoms with Gasteiger partial charge < -0.3 is 25.4 Å². The normalized spacial score (nSPS) is 24.1. The molecule has 0 unspecified atom stereocenters. The average molecular weight is 464 g/mol. The molecule has 0 radical (unpaired) electrons. The third-order valence-electron chi connectivity index (χ3n) is 4.72. The summed E-state index contributed by atoms with van der Waals surface area (Å²) < 4.78 is 12.5. The van der Waals surface area contributed by atoms with Crippen molar-refractivity contribution in [2.45, 2.75) is 29.9 Å². The van der Waals surface area contributed by atoms with Gasteiger partial charge >= 0.3 is 5.97 Å². The summed E-state index contributed by atoms with van der Waals surface area (Å²) in [5.74, 6) is -0.355. The molecule has 0 bridgehead atoms. The second kappa shape index (κ2) is 8.03. The lowest BCUT2D eigenvalue weighted by molar-refractivity contribution is -0.0565. The molecule has 4 N–H and O–H groups in total. The number of ether oxygens (including phenoxy) is 2. The molecule has 0 spiro atoms. The van der Waals surface area contributed by atoms with Gasteiger partial charge in [0.25, 0.3) is 0 Å². The van der Waals surface area contributed by atoms with Gasteiger partial charge in [-0.1, -0.05) is 28.1 Å². The average Bonchev–Trinajstić information content (AvgIpc) is 3.29. The summed E-state index contributed by atoms with van der Waals surface area (Å²) in [6, 6.07) is 6.93. The standard InChI is InChI=1S/C18H18BrN5O5/c19-5-9-1-3-10(4-2-9)18(27)28-6-11-13(25)14(26)17(29-11)24-8-23-12-15(20)21-7-22-16(12)24/h1-4,7-8,11,13-14,17,25-26H,5-6H2,(H2,20,21,22)/t11-,13-,14-,17-/m1/s1. The Hall–Kier alpha value is -2.60. The van der Waals surface area contributed by atoms with Gasteiger partial charge in [0.05, 0.1) is 11.9 Å². The molecule has 29 heavy (non-hydrogen) atoms. The molecule has 1 aliphatic heterocycles. The first-order valence-corrected chi connectivity index (χ1v) is 9.88. The third-order valence-corrected chi connectivity index (χ3v) is 5.37. The number of carbonyl (C=O) groups is 1. The van der Waals surface area contributed by atoms with Gasteiger partial charge in [-0.15, -0.1) is 0 Å². The van der Waals surface area contributed by atoms with Gasteiger partial charge in [0, 0.05) is 5.33 Å². The summed E-state index contributed by atoms with van der Waals surface area (Å²) in [6.07, 6.45) is -1.75. The van der Waals surface area contributed by atoms with Gasteiger partial charge in [0.1, 0.15) is 36.8 Å². The second-order valence-electron chi connectivity index (χ2n) is 6.56. The smallest absolute Gasteiger partial charge is 0.338 e.